The van der Waals surface area contributed by atoms with Gasteiger partial charge in [-0.05, 0) is 77.0 Å². The average Bonchev–Trinajstić information content (AvgIpc) is 3.39. The highest BCUT2D eigenvalue weighted by Crippen LogP contribution is 2.29. The highest BCUT2D eigenvalue weighted by Gasteiger charge is 2.29. The van der Waals surface area contributed by atoms with E-state index in [1.165, 1.54) is 5.56 Å². The fourth-order valence-electron chi connectivity index (χ4n) is 5.68. The lowest BCUT2D eigenvalue weighted by Crippen LogP contribution is -2.36. The van der Waals surface area contributed by atoms with Crippen molar-refractivity contribution < 1.29 is 19.1 Å². The number of hydrogen-bond acceptors (Lipinski definition) is 5. The third-order valence-corrected chi connectivity index (χ3v) is 9.37. The number of aromatic nitrogens is 2. The third-order valence-electron chi connectivity index (χ3n) is 8.42. The molecular weight excluding hydrogens is 644 g/mol. The average molecular weight is 686 g/mol. The van der Waals surface area contributed by atoms with Crippen molar-refractivity contribution in [3.05, 3.63) is 116 Å². The fourth-order valence-corrected chi connectivity index (χ4v) is 6.10. The second-order valence-corrected chi connectivity index (χ2v) is 12.5. The normalized spacial score (nSPS) is 12.5. The van der Waals surface area contributed by atoms with E-state index < -0.39 is 5.97 Å². The second kappa shape index (κ2) is 15.4. The van der Waals surface area contributed by atoms with E-state index in [2.05, 4.69) is 35.8 Å². The summed E-state index contributed by atoms with van der Waals surface area (Å²) in [6.45, 7) is 8.54. The lowest BCUT2D eigenvalue weighted by atomic mass is 9.98. The standard InChI is InChI=1S/C37H41BrN4O4/c1-4-6-20-40(21-7-5-2)36(44)34-33(38)26(3)42(39-34)32-18-17-29(37(45)46-25-27-13-9-8-10-14-27)23-31(32)35(43)41-22-19-28-15-11-12-16-30(28)24-41/h8-18,23H,4-7,19-22,24-25H2,1-3H3. The van der Waals surface area contributed by atoms with E-state index >= 15 is 0 Å². The number of carbonyl (C=O) groups excluding carboxylic acids is 3. The number of halogens is 1. The number of benzene rings is 3. The summed E-state index contributed by atoms with van der Waals surface area (Å²) in [4.78, 5) is 44.9. The summed E-state index contributed by atoms with van der Waals surface area (Å²) < 4.78 is 7.84. The summed E-state index contributed by atoms with van der Waals surface area (Å²) in [5.74, 6) is -0.879. The summed E-state index contributed by atoms with van der Waals surface area (Å²) in [6, 6.07) is 22.6. The lowest BCUT2D eigenvalue weighted by Gasteiger charge is -2.29. The molecule has 0 aliphatic carbocycles. The number of ether oxygens (including phenoxy) is 1. The SMILES string of the molecule is CCCCN(CCCC)C(=O)c1nn(-c2ccc(C(=O)OCc3ccccc3)cc2C(=O)N2CCc3ccccc3C2)c(C)c1Br. The van der Waals surface area contributed by atoms with Crippen molar-refractivity contribution in [2.24, 2.45) is 0 Å². The largest absolute Gasteiger partial charge is 0.457 e. The van der Waals surface area contributed by atoms with E-state index in [-0.39, 0.29) is 24.0 Å². The molecule has 0 unspecified atom stereocenters. The Labute approximate surface area is 279 Å². The van der Waals surface area contributed by atoms with E-state index in [9.17, 15) is 14.4 Å². The zero-order chi connectivity index (χ0) is 32.6. The van der Waals surface area contributed by atoms with Crippen molar-refractivity contribution in [3.8, 4) is 5.69 Å². The molecule has 0 fully saturated rings. The number of unbranched alkanes of at least 4 members (excludes halogenated alkanes) is 2. The Morgan fingerprint density at radius 3 is 2.28 bits per heavy atom. The molecule has 0 saturated carbocycles. The van der Waals surface area contributed by atoms with Gasteiger partial charge in [0.1, 0.15) is 6.61 Å². The zero-order valence-corrected chi connectivity index (χ0v) is 28.4. The third kappa shape index (κ3) is 7.41. The van der Waals surface area contributed by atoms with Gasteiger partial charge in [-0.2, -0.15) is 5.10 Å². The van der Waals surface area contributed by atoms with Crippen LogP contribution in [0.25, 0.3) is 5.69 Å². The maximum Gasteiger partial charge on any atom is 0.338 e. The number of nitrogens with zero attached hydrogens (tertiary/aromatic N) is 4. The molecule has 3 aromatic carbocycles. The molecule has 0 N–H and O–H groups in total. The summed E-state index contributed by atoms with van der Waals surface area (Å²) in [5, 5.41) is 4.78. The van der Waals surface area contributed by atoms with E-state index in [1.54, 1.807) is 27.8 Å². The smallest absolute Gasteiger partial charge is 0.338 e. The Bertz CT molecular complexity index is 1690. The Morgan fingerprint density at radius 2 is 1.59 bits per heavy atom. The highest BCUT2D eigenvalue weighted by atomic mass is 79.9. The van der Waals surface area contributed by atoms with Gasteiger partial charge in [-0.3, -0.25) is 9.59 Å². The molecule has 0 bridgehead atoms. The Hall–Kier alpha value is -4.24. The zero-order valence-electron chi connectivity index (χ0n) is 26.8. The van der Waals surface area contributed by atoms with Crippen LogP contribution in [0.3, 0.4) is 0 Å². The maximum atomic E-state index is 14.3. The predicted octanol–water partition coefficient (Wildman–Crippen LogP) is 7.54. The topological polar surface area (TPSA) is 84.7 Å². The maximum absolute atomic E-state index is 14.3. The van der Waals surface area contributed by atoms with Crippen LogP contribution < -0.4 is 0 Å². The molecule has 9 heteroatoms. The molecule has 240 valence electrons. The van der Waals surface area contributed by atoms with E-state index in [1.807, 2.05) is 60.4 Å². The van der Waals surface area contributed by atoms with Gasteiger partial charge in [-0.1, -0.05) is 81.3 Å². The minimum Gasteiger partial charge on any atom is -0.457 e. The molecule has 0 spiro atoms. The van der Waals surface area contributed by atoms with Crippen LogP contribution in [0, 0.1) is 6.92 Å². The summed E-state index contributed by atoms with van der Waals surface area (Å²) in [7, 11) is 0. The van der Waals surface area contributed by atoms with Crippen LogP contribution in [0.15, 0.2) is 77.3 Å². The molecule has 1 aliphatic heterocycles. The first-order chi connectivity index (χ1) is 22.3. The Balaban J connectivity index is 1.51. The predicted molar refractivity (Wildman–Crippen MR) is 182 cm³/mol. The van der Waals surface area contributed by atoms with Crippen molar-refractivity contribution in [1.82, 2.24) is 19.6 Å². The van der Waals surface area contributed by atoms with Gasteiger partial charge < -0.3 is 14.5 Å². The van der Waals surface area contributed by atoms with Crippen molar-refractivity contribution in [3.63, 3.8) is 0 Å². The van der Waals surface area contributed by atoms with E-state index in [0.717, 1.165) is 43.2 Å². The van der Waals surface area contributed by atoms with Crippen LogP contribution in [0.4, 0.5) is 0 Å². The molecule has 1 aromatic heterocycles. The number of fused-ring (bicyclic) bond motifs is 1. The summed E-state index contributed by atoms with van der Waals surface area (Å²) in [6.07, 6.45) is 4.53. The molecule has 1 aliphatic rings. The first-order valence-corrected chi connectivity index (χ1v) is 16.9. The quantitative estimate of drug-likeness (QED) is 0.144. The number of rotatable bonds is 12. The highest BCUT2D eigenvalue weighted by molar-refractivity contribution is 9.10. The molecule has 46 heavy (non-hydrogen) atoms. The molecule has 0 radical (unpaired) electrons. The number of hydrogen-bond donors (Lipinski definition) is 0. The molecule has 4 aromatic rings. The second-order valence-electron chi connectivity index (χ2n) is 11.7. The summed E-state index contributed by atoms with van der Waals surface area (Å²) >= 11 is 3.64. The van der Waals surface area contributed by atoms with Crippen LogP contribution in [0.5, 0.6) is 0 Å². The summed E-state index contributed by atoms with van der Waals surface area (Å²) in [5.41, 5.74) is 5.28. The first-order valence-electron chi connectivity index (χ1n) is 16.1. The molecular formula is C37H41BrN4O4. The van der Waals surface area contributed by atoms with Gasteiger partial charge in [0.05, 0.1) is 27.0 Å². The Kier molecular flexibility index (Phi) is 11.1. The van der Waals surface area contributed by atoms with Crippen LogP contribution in [-0.2, 0) is 24.3 Å². The van der Waals surface area contributed by atoms with Crippen molar-refractivity contribution >= 4 is 33.7 Å². The fraction of sp³-hybridized carbons (Fsp3) is 0.351. The molecule has 0 saturated heterocycles. The lowest BCUT2D eigenvalue weighted by molar-refractivity contribution is 0.0472. The van der Waals surface area contributed by atoms with Gasteiger partial charge in [-0.15, -0.1) is 0 Å². The number of amides is 2. The van der Waals surface area contributed by atoms with Gasteiger partial charge in [-0.25, -0.2) is 9.48 Å². The van der Waals surface area contributed by atoms with Crippen molar-refractivity contribution in [2.45, 2.75) is 66.0 Å². The monoisotopic (exact) mass is 684 g/mol. The molecule has 5 rings (SSSR count). The van der Waals surface area contributed by atoms with Gasteiger partial charge in [0.25, 0.3) is 11.8 Å². The van der Waals surface area contributed by atoms with Gasteiger partial charge in [0, 0.05) is 26.2 Å². The molecule has 2 heterocycles. The van der Waals surface area contributed by atoms with E-state index in [4.69, 9.17) is 9.84 Å². The minimum atomic E-state index is -0.523. The Morgan fingerprint density at radius 1 is 0.913 bits per heavy atom. The van der Waals surface area contributed by atoms with Gasteiger partial charge >= 0.3 is 5.97 Å². The number of esters is 1. The number of carbonyl (C=O) groups is 3. The van der Waals surface area contributed by atoms with Gasteiger partial charge in [0.15, 0.2) is 5.69 Å². The molecule has 2 amide bonds. The van der Waals surface area contributed by atoms with E-state index in [0.29, 0.717) is 53.3 Å². The molecule has 0 atom stereocenters. The first kappa shape index (κ1) is 33.1. The van der Waals surface area contributed by atoms with Gasteiger partial charge in [0.2, 0.25) is 0 Å². The molecule has 8 nitrogen and oxygen atoms in total. The van der Waals surface area contributed by atoms with Crippen LogP contribution in [-0.4, -0.2) is 57.0 Å². The van der Waals surface area contributed by atoms with Crippen LogP contribution >= 0.6 is 15.9 Å². The minimum absolute atomic E-state index is 0.122. The van der Waals surface area contributed by atoms with Crippen LogP contribution in [0.1, 0.15) is 93.1 Å². The van der Waals surface area contributed by atoms with Crippen LogP contribution in [0.2, 0.25) is 0 Å². The van der Waals surface area contributed by atoms with Crippen molar-refractivity contribution in [1.29, 1.82) is 0 Å². The van der Waals surface area contributed by atoms with Crippen molar-refractivity contribution in [2.75, 3.05) is 19.6 Å².